The van der Waals surface area contributed by atoms with Crippen molar-refractivity contribution in [2.24, 2.45) is 10.9 Å². The molecule has 1 aromatic carbocycles. The van der Waals surface area contributed by atoms with Gasteiger partial charge >= 0.3 is 5.97 Å². The molecule has 10 heteroatoms. The zero-order chi connectivity index (χ0) is 25.3. The third kappa shape index (κ3) is 7.15. The first-order chi connectivity index (χ1) is 16.8. The summed E-state index contributed by atoms with van der Waals surface area (Å²) in [4.78, 5) is 41.8. The molecule has 3 rings (SSSR count). The minimum atomic E-state index is -1.75. The summed E-state index contributed by atoms with van der Waals surface area (Å²) < 4.78 is 23.0. The van der Waals surface area contributed by atoms with Crippen LogP contribution in [0.4, 0.5) is 0 Å². The zero-order valence-electron chi connectivity index (χ0n) is 20.6. The first kappa shape index (κ1) is 27.4. The van der Waals surface area contributed by atoms with Crippen LogP contribution in [0.5, 0.6) is 0 Å². The lowest BCUT2D eigenvalue weighted by Gasteiger charge is -2.41. The molecule has 1 N–H and O–H groups in total. The van der Waals surface area contributed by atoms with Crippen LogP contribution in [-0.4, -0.2) is 73.6 Å². The average Bonchev–Trinajstić information content (AvgIpc) is 3.30. The van der Waals surface area contributed by atoms with E-state index in [1.807, 2.05) is 42.8 Å². The Morgan fingerprint density at radius 1 is 1.26 bits per heavy atom. The van der Waals surface area contributed by atoms with Gasteiger partial charge in [-0.15, -0.1) is 0 Å². The van der Waals surface area contributed by atoms with E-state index in [0.717, 1.165) is 5.56 Å². The van der Waals surface area contributed by atoms with E-state index in [1.54, 1.807) is 13.0 Å². The molecular weight excluding hydrogens is 472 g/mol. The number of aliphatic imine (C=N–C) groups is 1. The van der Waals surface area contributed by atoms with E-state index in [9.17, 15) is 14.4 Å². The summed E-state index contributed by atoms with van der Waals surface area (Å²) >= 11 is 0. The van der Waals surface area contributed by atoms with Crippen LogP contribution in [0.15, 0.2) is 35.3 Å². The molecule has 2 aliphatic rings. The van der Waals surface area contributed by atoms with Crippen LogP contribution < -0.4 is 5.32 Å². The van der Waals surface area contributed by atoms with Gasteiger partial charge in [0, 0.05) is 18.9 Å². The van der Waals surface area contributed by atoms with E-state index in [0.29, 0.717) is 31.8 Å². The molecule has 1 aliphatic heterocycles. The molecule has 0 aromatic heterocycles. The average molecular weight is 508 g/mol. The molecule has 1 saturated heterocycles. The van der Waals surface area contributed by atoms with E-state index < -0.39 is 35.3 Å². The normalized spacial score (nSPS) is 22.9. The summed E-state index contributed by atoms with van der Waals surface area (Å²) in [6, 6.07) is 8.83. The Morgan fingerprint density at radius 3 is 2.60 bits per heavy atom. The fourth-order valence-corrected chi connectivity index (χ4v) is 5.13. The van der Waals surface area contributed by atoms with Crippen molar-refractivity contribution in [3.05, 3.63) is 35.9 Å². The topological polar surface area (TPSA) is 113 Å². The molecule has 3 atom stereocenters. The fraction of sp³-hybridized carbons (Fsp3) is 0.640. The predicted molar refractivity (Wildman–Crippen MR) is 131 cm³/mol. The lowest BCUT2D eigenvalue weighted by Crippen LogP contribution is -2.57. The van der Waals surface area contributed by atoms with Crippen molar-refractivity contribution >= 4 is 28.9 Å². The zero-order valence-corrected chi connectivity index (χ0v) is 21.4. The second-order valence-electron chi connectivity index (χ2n) is 8.99. The molecule has 9 nitrogen and oxygen atoms in total. The standard InChI is InChI=1S/C25H34N2O7S/c1-4-31-22(29)20-16-24(32-13-14-33-24)11-10-21(20)27-23(30)25(26-18-28,12-15-35(2)3)34-17-19-8-6-5-7-9-19/h5-9,20-21H,4,10-17H2,1-3H3/p+1/t20-,21+,25+/m1/s1. The number of hydrogen-bond acceptors (Lipinski definition) is 8. The van der Waals surface area contributed by atoms with Gasteiger partial charge in [-0.1, -0.05) is 30.3 Å². The largest absolute Gasteiger partial charge is 0.466 e. The number of amides is 1. The van der Waals surface area contributed by atoms with E-state index in [4.69, 9.17) is 18.9 Å². The number of ether oxygens (including phenoxy) is 4. The minimum Gasteiger partial charge on any atom is -0.466 e. The van der Waals surface area contributed by atoms with Gasteiger partial charge in [0.25, 0.3) is 11.6 Å². The van der Waals surface area contributed by atoms with Gasteiger partial charge in [-0.3, -0.25) is 9.59 Å². The van der Waals surface area contributed by atoms with Crippen molar-refractivity contribution in [2.75, 3.05) is 38.1 Å². The van der Waals surface area contributed by atoms with Crippen molar-refractivity contribution in [3.63, 3.8) is 0 Å². The highest BCUT2D eigenvalue weighted by molar-refractivity contribution is 7.95. The third-order valence-electron chi connectivity index (χ3n) is 6.32. The molecule has 192 valence electrons. The Bertz CT molecular complexity index is 900. The number of esters is 1. The first-order valence-corrected chi connectivity index (χ1v) is 14.1. The SMILES string of the molecule is CCOC(=O)[C@@H]1CC2(CC[C@@H]1NC(=O)[C@@](CC[S+](C)C)(N=C=O)OCc1ccccc1)OCCO2. The Kier molecular flexibility index (Phi) is 9.89. The van der Waals surface area contributed by atoms with Crippen molar-refractivity contribution in [2.45, 2.75) is 56.8 Å². The van der Waals surface area contributed by atoms with Gasteiger partial charge in [0.1, 0.15) is 5.75 Å². The molecule has 1 aromatic rings. The molecule has 1 aliphatic carbocycles. The number of hydrogen-bond donors (Lipinski definition) is 1. The number of isocyanates is 1. The number of nitrogens with one attached hydrogen (secondary N) is 1. The van der Waals surface area contributed by atoms with Crippen LogP contribution >= 0.6 is 0 Å². The van der Waals surface area contributed by atoms with E-state index >= 15 is 0 Å². The van der Waals surface area contributed by atoms with Gasteiger partial charge in [-0.05, 0) is 29.8 Å². The molecule has 0 radical (unpaired) electrons. The maximum atomic E-state index is 13.7. The second-order valence-corrected chi connectivity index (χ2v) is 11.4. The van der Waals surface area contributed by atoms with Gasteiger partial charge < -0.3 is 24.3 Å². The van der Waals surface area contributed by atoms with Crippen LogP contribution in [0.2, 0.25) is 0 Å². The molecule has 2 fully saturated rings. The van der Waals surface area contributed by atoms with Gasteiger partial charge in [0.15, 0.2) is 5.79 Å². The van der Waals surface area contributed by atoms with Gasteiger partial charge in [0.2, 0.25) is 6.08 Å². The van der Waals surface area contributed by atoms with Crippen LogP contribution in [0, 0.1) is 5.92 Å². The van der Waals surface area contributed by atoms with E-state index in [-0.39, 0.29) is 37.0 Å². The predicted octanol–water partition coefficient (Wildman–Crippen LogP) is 2.09. The molecule has 0 bridgehead atoms. The molecule has 1 heterocycles. The highest BCUT2D eigenvalue weighted by atomic mass is 32.2. The maximum Gasteiger partial charge on any atom is 0.311 e. The Hall–Kier alpha value is -2.23. The van der Waals surface area contributed by atoms with Crippen molar-refractivity contribution in [1.29, 1.82) is 0 Å². The van der Waals surface area contributed by atoms with Gasteiger partial charge in [-0.2, -0.15) is 4.99 Å². The van der Waals surface area contributed by atoms with Crippen LogP contribution in [0.3, 0.4) is 0 Å². The molecule has 1 amide bonds. The number of nitrogens with zero attached hydrogens (tertiary/aromatic N) is 1. The highest BCUT2D eigenvalue weighted by Gasteiger charge is 2.50. The number of carbonyl (C=O) groups is 2. The maximum absolute atomic E-state index is 13.7. The lowest BCUT2D eigenvalue weighted by atomic mass is 9.80. The van der Waals surface area contributed by atoms with Crippen molar-refractivity contribution < 1.29 is 33.3 Å². The summed E-state index contributed by atoms with van der Waals surface area (Å²) in [7, 11) is -0.0169. The number of benzene rings is 1. The lowest BCUT2D eigenvalue weighted by molar-refractivity contribution is -0.199. The monoisotopic (exact) mass is 507 g/mol. The third-order valence-corrected chi connectivity index (χ3v) is 7.34. The second kappa shape index (κ2) is 12.6. The molecule has 1 spiro atoms. The summed E-state index contributed by atoms with van der Waals surface area (Å²) in [5.41, 5.74) is -0.902. The fourth-order valence-electron chi connectivity index (χ4n) is 4.45. The number of rotatable bonds is 11. The molecule has 0 unspecified atom stereocenters. The Morgan fingerprint density at radius 2 is 1.97 bits per heavy atom. The van der Waals surface area contributed by atoms with Crippen LogP contribution in [0.25, 0.3) is 0 Å². The van der Waals surface area contributed by atoms with Gasteiger partial charge in [0.05, 0.1) is 51.3 Å². The summed E-state index contributed by atoms with van der Waals surface area (Å²) in [6.07, 6.45) is 7.09. The number of carbonyl (C=O) groups excluding carboxylic acids is 3. The minimum absolute atomic E-state index is 0.0169. The molecular formula is C25H35N2O7S+. The van der Waals surface area contributed by atoms with E-state index in [2.05, 4.69) is 10.3 Å². The first-order valence-electron chi connectivity index (χ1n) is 11.9. The van der Waals surface area contributed by atoms with Crippen LogP contribution in [-0.2, 0) is 50.8 Å². The van der Waals surface area contributed by atoms with Crippen molar-refractivity contribution in [3.8, 4) is 0 Å². The summed E-state index contributed by atoms with van der Waals surface area (Å²) in [5, 5.41) is 2.95. The van der Waals surface area contributed by atoms with E-state index in [1.165, 1.54) is 0 Å². The summed E-state index contributed by atoms with van der Waals surface area (Å²) in [5.74, 6) is -1.85. The highest BCUT2D eigenvalue weighted by Crippen LogP contribution is 2.40. The molecule has 35 heavy (non-hydrogen) atoms. The quantitative estimate of drug-likeness (QED) is 0.211. The molecule has 1 saturated carbocycles. The Balaban J connectivity index is 1.82. The summed E-state index contributed by atoms with van der Waals surface area (Å²) in [6.45, 7) is 2.98. The smallest absolute Gasteiger partial charge is 0.311 e. The van der Waals surface area contributed by atoms with Crippen molar-refractivity contribution in [1.82, 2.24) is 5.32 Å². The van der Waals surface area contributed by atoms with Gasteiger partial charge in [-0.25, -0.2) is 4.79 Å². The Labute approximate surface area is 209 Å². The van der Waals surface area contributed by atoms with Crippen LogP contribution in [0.1, 0.15) is 38.2 Å².